The average molecular weight is 573 g/mol. The number of halogens is 4. The zero-order valence-corrected chi connectivity index (χ0v) is 23.6. The first-order valence-electron chi connectivity index (χ1n) is 11.8. The Morgan fingerprint density at radius 2 is 1.84 bits per heavy atom. The fourth-order valence-electron chi connectivity index (χ4n) is 4.46. The fraction of sp³-hybridized carbons (Fsp3) is 0.440. The van der Waals surface area contributed by atoms with Gasteiger partial charge in [0.1, 0.15) is 5.82 Å². The van der Waals surface area contributed by atoms with E-state index in [4.69, 9.17) is 4.74 Å². The number of fused-ring (bicyclic) bond motifs is 2. The summed E-state index contributed by atoms with van der Waals surface area (Å²) < 4.78 is 23.0. The second kappa shape index (κ2) is 13.5. The van der Waals surface area contributed by atoms with Crippen molar-refractivity contribution in [1.82, 2.24) is 35.0 Å². The molecule has 1 aliphatic heterocycles. The first kappa shape index (κ1) is 30.9. The molecule has 0 unspecified atom stereocenters. The Morgan fingerprint density at radius 3 is 2.57 bits per heavy atom. The standard InChI is InChI=1S/C25H30FN7O.3ClH/c1-16-15-33-25(28-16)24(34-10-4-9-32(2)3)14-22(31-33)18-11-20(26)19-13-21(29-30-23(19)12-18)17-5-7-27-8-6-17;;;/h11-15,17,27H,4-10H2,1-3H3;3*1H. The monoisotopic (exact) mass is 571 g/mol. The third-order valence-electron chi connectivity index (χ3n) is 6.25. The van der Waals surface area contributed by atoms with Gasteiger partial charge in [0.2, 0.25) is 0 Å². The second-order valence-electron chi connectivity index (χ2n) is 9.23. The fourth-order valence-corrected chi connectivity index (χ4v) is 4.46. The lowest BCUT2D eigenvalue weighted by Gasteiger charge is -2.21. The number of nitrogens with one attached hydrogen (secondary N) is 1. The maximum Gasteiger partial charge on any atom is 0.196 e. The van der Waals surface area contributed by atoms with Crippen molar-refractivity contribution in [3.63, 3.8) is 0 Å². The zero-order valence-electron chi connectivity index (χ0n) is 21.1. The summed E-state index contributed by atoms with van der Waals surface area (Å²) in [6, 6.07) is 7.04. The molecule has 0 radical (unpaired) electrons. The molecule has 1 aliphatic rings. The van der Waals surface area contributed by atoms with Crippen LogP contribution in [0, 0.1) is 12.7 Å². The third kappa shape index (κ3) is 6.97. The molecule has 0 aliphatic carbocycles. The molecular weight excluding hydrogens is 540 g/mol. The van der Waals surface area contributed by atoms with Gasteiger partial charge in [-0.25, -0.2) is 13.9 Å². The summed E-state index contributed by atoms with van der Waals surface area (Å²) in [4.78, 5) is 6.66. The molecule has 3 aromatic heterocycles. The molecule has 0 bridgehead atoms. The average Bonchev–Trinajstić information content (AvgIpc) is 3.22. The molecule has 0 amide bonds. The Bertz CT molecular complexity index is 1330. The quantitative estimate of drug-likeness (QED) is 0.317. The maximum absolute atomic E-state index is 15.3. The van der Waals surface area contributed by atoms with Crippen LogP contribution in [0.5, 0.6) is 5.75 Å². The molecule has 202 valence electrons. The molecule has 0 atom stereocenters. The SMILES string of the molecule is Cc1cn2nc(-c3cc(F)c4cc(C5CCNCC5)nnc4c3)cc(OCCCN(C)C)c2n1.Cl.Cl.Cl. The van der Waals surface area contributed by atoms with Crippen LogP contribution in [0.15, 0.2) is 30.5 Å². The molecule has 12 heteroatoms. The summed E-state index contributed by atoms with van der Waals surface area (Å²) in [5.74, 6) is 0.623. The van der Waals surface area contributed by atoms with Crippen LogP contribution in [0.25, 0.3) is 27.8 Å². The summed E-state index contributed by atoms with van der Waals surface area (Å²) in [6.45, 7) is 5.30. The number of hydrogen-bond acceptors (Lipinski definition) is 7. The molecule has 0 saturated carbocycles. The highest BCUT2D eigenvalue weighted by Crippen LogP contribution is 2.31. The van der Waals surface area contributed by atoms with Gasteiger partial charge in [0.25, 0.3) is 0 Å². The lowest BCUT2D eigenvalue weighted by atomic mass is 9.93. The molecule has 4 heterocycles. The first-order valence-corrected chi connectivity index (χ1v) is 11.8. The van der Waals surface area contributed by atoms with Crippen molar-refractivity contribution in [1.29, 1.82) is 0 Å². The minimum absolute atomic E-state index is 0. The Kier molecular flexibility index (Phi) is 11.3. The molecule has 1 saturated heterocycles. The van der Waals surface area contributed by atoms with E-state index in [2.05, 4.69) is 30.5 Å². The molecule has 4 aromatic rings. The van der Waals surface area contributed by atoms with E-state index in [0.29, 0.717) is 46.1 Å². The number of nitrogens with zero attached hydrogens (tertiary/aromatic N) is 6. The lowest BCUT2D eigenvalue weighted by molar-refractivity contribution is 0.282. The summed E-state index contributed by atoms with van der Waals surface area (Å²) in [5, 5.41) is 17.3. The molecule has 37 heavy (non-hydrogen) atoms. The van der Waals surface area contributed by atoms with Gasteiger partial charge in [0.15, 0.2) is 11.4 Å². The Balaban J connectivity index is 0.00000160. The van der Waals surface area contributed by atoms with Crippen molar-refractivity contribution in [3.05, 3.63) is 47.7 Å². The number of aryl methyl sites for hydroxylation is 1. The van der Waals surface area contributed by atoms with Gasteiger partial charge in [-0.05, 0) is 71.6 Å². The molecule has 1 N–H and O–H groups in total. The Morgan fingerprint density at radius 1 is 1.08 bits per heavy atom. The van der Waals surface area contributed by atoms with E-state index >= 15 is 4.39 Å². The number of aromatic nitrogens is 5. The highest BCUT2D eigenvalue weighted by Gasteiger charge is 2.19. The van der Waals surface area contributed by atoms with Crippen LogP contribution in [0.1, 0.15) is 36.6 Å². The van der Waals surface area contributed by atoms with Crippen molar-refractivity contribution in [2.45, 2.75) is 32.1 Å². The van der Waals surface area contributed by atoms with Crippen molar-refractivity contribution in [2.24, 2.45) is 0 Å². The van der Waals surface area contributed by atoms with Crippen LogP contribution in [0.3, 0.4) is 0 Å². The third-order valence-corrected chi connectivity index (χ3v) is 6.25. The van der Waals surface area contributed by atoms with Crippen molar-refractivity contribution < 1.29 is 9.13 Å². The predicted molar refractivity (Wildman–Crippen MR) is 151 cm³/mol. The first-order chi connectivity index (χ1) is 16.5. The van der Waals surface area contributed by atoms with Gasteiger partial charge >= 0.3 is 0 Å². The van der Waals surface area contributed by atoms with E-state index in [1.54, 1.807) is 4.52 Å². The number of rotatable bonds is 7. The van der Waals surface area contributed by atoms with Gasteiger partial charge in [-0.1, -0.05) is 0 Å². The second-order valence-corrected chi connectivity index (χ2v) is 9.23. The largest absolute Gasteiger partial charge is 0.489 e. The topological polar surface area (TPSA) is 80.5 Å². The van der Waals surface area contributed by atoms with Gasteiger partial charge in [0.05, 0.1) is 35.4 Å². The van der Waals surface area contributed by atoms with Crippen LogP contribution in [0.2, 0.25) is 0 Å². The summed E-state index contributed by atoms with van der Waals surface area (Å²) in [6.07, 6.45) is 4.71. The van der Waals surface area contributed by atoms with Crippen molar-refractivity contribution >= 4 is 53.8 Å². The lowest BCUT2D eigenvalue weighted by Crippen LogP contribution is -2.27. The number of hydrogen-bond donors (Lipinski definition) is 1. The van der Waals surface area contributed by atoms with Crippen LogP contribution in [-0.4, -0.2) is 70.0 Å². The molecular formula is C25H33Cl3FN7O. The highest BCUT2D eigenvalue weighted by atomic mass is 35.5. The van der Waals surface area contributed by atoms with Gasteiger partial charge in [-0.3, -0.25) is 0 Å². The number of imidazole rings is 1. The number of ether oxygens (including phenoxy) is 1. The van der Waals surface area contributed by atoms with E-state index in [1.807, 2.05) is 45.4 Å². The van der Waals surface area contributed by atoms with Crippen LogP contribution >= 0.6 is 37.2 Å². The molecule has 0 spiro atoms. The van der Waals surface area contributed by atoms with Crippen LogP contribution in [-0.2, 0) is 0 Å². The highest BCUT2D eigenvalue weighted by molar-refractivity contribution is 5.86. The number of benzene rings is 1. The Hall–Kier alpha value is -2.30. The smallest absolute Gasteiger partial charge is 0.196 e. The normalized spacial score (nSPS) is 13.8. The van der Waals surface area contributed by atoms with E-state index < -0.39 is 0 Å². The van der Waals surface area contributed by atoms with Gasteiger partial charge in [0, 0.05) is 29.5 Å². The van der Waals surface area contributed by atoms with E-state index in [9.17, 15) is 0 Å². The van der Waals surface area contributed by atoms with Crippen LogP contribution < -0.4 is 10.1 Å². The van der Waals surface area contributed by atoms with Crippen molar-refractivity contribution in [3.8, 4) is 17.0 Å². The van der Waals surface area contributed by atoms with Gasteiger partial charge in [-0.15, -0.1) is 37.2 Å². The van der Waals surface area contributed by atoms with Crippen molar-refractivity contribution in [2.75, 3.05) is 40.3 Å². The zero-order chi connectivity index (χ0) is 23.7. The molecule has 1 fully saturated rings. The molecule has 1 aromatic carbocycles. The van der Waals surface area contributed by atoms with E-state index in [-0.39, 0.29) is 43.0 Å². The number of piperidine rings is 1. The summed E-state index contributed by atoms with van der Waals surface area (Å²) >= 11 is 0. The van der Waals surface area contributed by atoms with Crippen LogP contribution in [0.4, 0.5) is 4.39 Å². The predicted octanol–water partition coefficient (Wildman–Crippen LogP) is 4.85. The minimum atomic E-state index is -0.324. The van der Waals surface area contributed by atoms with E-state index in [1.165, 1.54) is 6.07 Å². The summed E-state index contributed by atoms with van der Waals surface area (Å²) in [5.41, 5.74) is 4.09. The Labute approximate surface area is 234 Å². The molecule has 8 nitrogen and oxygen atoms in total. The summed E-state index contributed by atoms with van der Waals surface area (Å²) in [7, 11) is 4.07. The molecule has 5 rings (SSSR count). The van der Waals surface area contributed by atoms with E-state index in [0.717, 1.165) is 50.3 Å². The van der Waals surface area contributed by atoms with Gasteiger partial charge in [-0.2, -0.15) is 15.3 Å². The maximum atomic E-state index is 15.3. The van der Waals surface area contributed by atoms with Gasteiger partial charge < -0.3 is 15.0 Å². The minimum Gasteiger partial charge on any atom is -0.489 e.